The number of nitrogens with zero attached hydrogens (tertiary/aromatic N) is 2. The van der Waals surface area contributed by atoms with E-state index in [1.807, 2.05) is 19.9 Å². The van der Waals surface area contributed by atoms with Crippen molar-refractivity contribution >= 4 is 5.91 Å². The summed E-state index contributed by atoms with van der Waals surface area (Å²) < 4.78 is 0. The lowest BCUT2D eigenvalue weighted by molar-refractivity contribution is -0.119. The fraction of sp³-hybridized carbons (Fsp3) is 0.500. The highest BCUT2D eigenvalue weighted by Gasteiger charge is 2.40. The van der Waals surface area contributed by atoms with E-state index >= 15 is 0 Å². The Morgan fingerprint density at radius 2 is 2.36 bits per heavy atom. The Morgan fingerprint density at radius 3 is 2.86 bits per heavy atom. The second-order valence-electron chi connectivity index (χ2n) is 4.16. The number of rotatable bonds is 1. The molecule has 0 radical (unpaired) electrons. The van der Waals surface area contributed by atoms with E-state index in [4.69, 9.17) is 0 Å². The highest BCUT2D eigenvalue weighted by Crippen LogP contribution is 2.34. The van der Waals surface area contributed by atoms with Crippen molar-refractivity contribution in [1.82, 2.24) is 15.3 Å². The Kier molecular flexibility index (Phi) is 1.98. The molecule has 1 aromatic heterocycles. The van der Waals surface area contributed by atoms with Crippen LogP contribution in [0.3, 0.4) is 0 Å². The minimum atomic E-state index is -0.203. The van der Waals surface area contributed by atoms with Gasteiger partial charge in [0.25, 0.3) is 0 Å². The zero-order valence-electron chi connectivity index (χ0n) is 8.32. The fourth-order valence-electron chi connectivity index (χ4n) is 1.92. The molecule has 0 saturated carbocycles. The third-order valence-electron chi connectivity index (χ3n) is 2.68. The van der Waals surface area contributed by atoms with Gasteiger partial charge in [0.05, 0.1) is 0 Å². The topological polar surface area (TPSA) is 54.9 Å². The van der Waals surface area contributed by atoms with Crippen LogP contribution in [0.15, 0.2) is 18.6 Å². The highest BCUT2D eigenvalue weighted by molar-refractivity contribution is 5.81. The maximum atomic E-state index is 11.3. The summed E-state index contributed by atoms with van der Waals surface area (Å²) in [6.45, 7) is 4.04. The third kappa shape index (κ3) is 1.47. The molecule has 1 fully saturated rings. The summed E-state index contributed by atoms with van der Waals surface area (Å²) in [7, 11) is 0. The number of nitrogens with one attached hydrogen (secondary N) is 1. The lowest BCUT2D eigenvalue weighted by Crippen LogP contribution is -2.38. The van der Waals surface area contributed by atoms with Crippen LogP contribution in [0.5, 0.6) is 0 Å². The zero-order valence-corrected chi connectivity index (χ0v) is 8.32. The lowest BCUT2D eigenvalue weighted by Gasteiger charge is -2.25. The Morgan fingerprint density at radius 1 is 1.57 bits per heavy atom. The van der Waals surface area contributed by atoms with Gasteiger partial charge in [-0.15, -0.1) is 0 Å². The van der Waals surface area contributed by atoms with Gasteiger partial charge in [-0.05, 0) is 19.9 Å². The van der Waals surface area contributed by atoms with Crippen molar-refractivity contribution < 1.29 is 4.79 Å². The average Bonchev–Trinajstić information content (AvgIpc) is 2.41. The van der Waals surface area contributed by atoms with Crippen molar-refractivity contribution in [2.45, 2.75) is 31.7 Å². The van der Waals surface area contributed by atoms with Crippen LogP contribution in [-0.4, -0.2) is 21.4 Å². The van der Waals surface area contributed by atoms with Crippen LogP contribution in [0.1, 0.15) is 31.9 Å². The predicted molar refractivity (Wildman–Crippen MR) is 51.6 cm³/mol. The normalized spacial score (nSPS) is 24.7. The van der Waals surface area contributed by atoms with Gasteiger partial charge in [0.1, 0.15) is 6.33 Å². The molecule has 1 unspecified atom stereocenters. The quantitative estimate of drug-likeness (QED) is 0.716. The number of amides is 1. The van der Waals surface area contributed by atoms with Gasteiger partial charge in [-0.3, -0.25) is 4.79 Å². The van der Waals surface area contributed by atoms with Gasteiger partial charge in [0.15, 0.2) is 0 Å². The first kappa shape index (κ1) is 9.12. The SMILES string of the molecule is CC1(C)NC(=O)CC1c1ccncn1. The minimum absolute atomic E-state index is 0.0959. The van der Waals surface area contributed by atoms with Gasteiger partial charge in [-0.25, -0.2) is 9.97 Å². The monoisotopic (exact) mass is 191 g/mol. The molecule has 1 aliphatic heterocycles. The van der Waals surface area contributed by atoms with E-state index in [9.17, 15) is 4.79 Å². The first-order chi connectivity index (χ1) is 6.59. The van der Waals surface area contributed by atoms with Crippen molar-refractivity contribution in [3.8, 4) is 0 Å². The molecule has 2 heterocycles. The van der Waals surface area contributed by atoms with Crippen LogP contribution in [0.25, 0.3) is 0 Å². The molecule has 0 aliphatic carbocycles. The number of hydrogen-bond acceptors (Lipinski definition) is 3. The second-order valence-corrected chi connectivity index (χ2v) is 4.16. The smallest absolute Gasteiger partial charge is 0.221 e. The zero-order chi connectivity index (χ0) is 10.2. The lowest BCUT2D eigenvalue weighted by atomic mass is 9.86. The third-order valence-corrected chi connectivity index (χ3v) is 2.68. The molecule has 4 nitrogen and oxygen atoms in total. The molecule has 1 atom stereocenters. The van der Waals surface area contributed by atoms with Crippen molar-refractivity contribution in [3.05, 3.63) is 24.3 Å². The summed E-state index contributed by atoms with van der Waals surface area (Å²) in [5.74, 6) is 0.247. The summed E-state index contributed by atoms with van der Waals surface area (Å²) in [5, 5.41) is 2.94. The fourth-order valence-corrected chi connectivity index (χ4v) is 1.92. The van der Waals surface area contributed by atoms with Crippen molar-refractivity contribution in [2.75, 3.05) is 0 Å². The Labute approximate surface area is 82.8 Å². The molecule has 14 heavy (non-hydrogen) atoms. The first-order valence-electron chi connectivity index (χ1n) is 4.66. The molecule has 4 heteroatoms. The van der Waals surface area contributed by atoms with E-state index in [2.05, 4.69) is 15.3 Å². The van der Waals surface area contributed by atoms with Gasteiger partial charge in [0, 0.05) is 29.8 Å². The molecule has 1 aromatic rings. The minimum Gasteiger partial charge on any atom is -0.351 e. The van der Waals surface area contributed by atoms with Crippen LogP contribution in [0.2, 0.25) is 0 Å². The molecule has 74 valence electrons. The summed E-state index contributed by atoms with van der Waals surface area (Å²) in [4.78, 5) is 19.3. The van der Waals surface area contributed by atoms with Crippen LogP contribution in [0, 0.1) is 0 Å². The van der Waals surface area contributed by atoms with Gasteiger partial charge in [-0.1, -0.05) is 0 Å². The number of carbonyl (C=O) groups is 1. The molecule has 1 saturated heterocycles. The van der Waals surface area contributed by atoms with Gasteiger partial charge in [-0.2, -0.15) is 0 Å². The first-order valence-corrected chi connectivity index (χ1v) is 4.66. The van der Waals surface area contributed by atoms with Crippen LogP contribution >= 0.6 is 0 Å². The molecule has 1 amide bonds. The van der Waals surface area contributed by atoms with Crippen molar-refractivity contribution in [3.63, 3.8) is 0 Å². The van der Waals surface area contributed by atoms with E-state index in [0.717, 1.165) is 5.69 Å². The molecule has 1 aliphatic rings. The predicted octanol–water partition coefficient (Wildman–Crippen LogP) is 0.859. The highest BCUT2D eigenvalue weighted by atomic mass is 16.2. The number of hydrogen-bond donors (Lipinski definition) is 1. The Bertz CT molecular complexity index is 348. The summed E-state index contributed by atoms with van der Waals surface area (Å²) in [6, 6.07) is 1.87. The van der Waals surface area contributed by atoms with E-state index in [-0.39, 0.29) is 17.4 Å². The molecule has 1 N–H and O–H groups in total. The van der Waals surface area contributed by atoms with Crippen LogP contribution < -0.4 is 5.32 Å². The molecular weight excluding hydrogens is 178 g/mol. The number of aromatic nitrogens is 2. The van der Waals surface area contributed by atoms with Crippen LogP contribution in [0.4, 0.5) is 0 Å². The second kappa shape index (κ2) is 3.04. The molecule has 0 bridgehead atoms. The van der Waals surface area contributed by atoms with E-state index in [0.29, 0.717) is 6.42 Å². The van der Waals surface area contributed by atoms with E-state index < -0.39 is 0 Å². The molecule has 0 aromatic carbocycles. The Balaban J connectivity index is 2.32. The summed E-state index contributed by atoms with van der Waals surface area (Å²) >= 11 is 0. The van der Waals surface area contributed by atoms with E-state index in [1.165, 1.54) is 6.33 Å². The van der Waals surface area contributed by atoms with E-state index in [1.54, 1.807) is 6.20 Å². The molecule has 2 rings (SSSR count). The maximum absolute atomic E-state index is 11.3. The summed E-state index contributed by atoms with van der Waals surface area (Å²) in [5.41, 5.74) is 0.731. The number of carbonyl (C=O) groups excluding carboxylic acids is 1. The average molecular weight is 191 g/mol. The van der Waals surface area contributed by atoms with Gasteiger partial charge < -0.3 is 5.32 Å². The Hall–Kier alpha value is -1.45. The molecular formula is C10H13N3O. The maximum Gasteiger partial charge on any atom is 0.221 e. The van der Waals surface area contributed by atoms with Crippen molar-refractivity contribution in [1.29, 1.82) is 0 Å². The van der Waals surface area contributed by atoms with Gasteiger partial charge in [0.2, 0.25) is 5.91 Å². The molecule has 0 spiro atoms. The summed E-state index contributed by atoms with van der Waals surface area (Å²) in [6.07, 6.45) is 3.75. The van der Waals surface area contributed by atoms with Gasteiger partial charge >= 0.3 is 0 Å². The largest absolute Gasteiger partial charge is 0.351 e. The van der Waals surface area contributed by atoms with Crippen LogP contribution in [-0.2, 0) is 4.79 Å². The van der Waals surface area contributed by atoms with Crippen molar-refractivity contribution in [2.24, 2.45) is 0 Å². The standard InChI is InChI=1S/C10H13N3O/c1-10(2)7(5-9(14)13-10)8-3-4-11-6-12-8/h3-4,6-7H,5H2,1-2H3,(H,13,14).